The number of halogens is 1. The number of hydrogen-bond donors (Lipinski definition) is 2. The number of nitrogens with one attached hydrogen (secondary N) is 1. The molecular formula is C13H20ClN3O2. The minimum atomic E-state index is -0.00531. The zero-order valence-electron chi connectivity index (χ0n) is 11.0. The van der Waals surface area contributed by atoms with Crippen LogP contribution in [-0.2, 0) is 4.79 Å². The van der Waals surface area contributed by atoms with Gasteiger partial charge < -0.3 is 15.8 Å². The van der Waals surface area contributed by atoms with Gasteiger partial charge in [-0.2, -0.15) is 0 Å². The molecule has 19 heavy (non-hydrogen) atoms. The molecule has 1 aromatic rings. The summed E-state index contributed by atoms with van der Waals surface area (Å²) in [4.78, 5) is 13.9. The van der Waals surface area contributed by atoms with E-state index in [2.05, 4.69) is 10.2 Å². The summed E-state index contributed by atoms with van der Waals surface area (Å²) >= 11 is 0. The lowest BCUT2D eigenvalue weighted by atomic mass is 10.3. The highest BCUT2D eigenvalue weighted by Gasteiger charge is 2.20. The Morgan fingerprint density at radius 3 is 2.68 bits per heavy atom. The molecule has 0 aliphatic carbocycles. The largest absolute Gasteiger partial charge is 0.497 e. The van der Waals surface area contributed by atoms with Gasteiger partial charge in [-0.15, -0.1) is 12.4 Å². The maximum absolute atomic E-state index is 11.8. The summed E-state index contributed by atoms with van der Waals surface area (Å²) in [5.41, 5.74) is 6.58. The van der Waals surface area contributed by atoms with E-state index >= 15 is 0 Å². The Balaban J connectivity index is 0.00000180. The predicted molar refractivity (Wildman–Crippen MR) is 77.9 cm³/mol. The Morgan fingerprint density at radius 1 is 1.47 bits per heavy atom. The second kappa shape index (κ2) is 7.33. The smallest absolute Gasteiger partial charge is 0.238 e. The van der Waals surface area contributed by atoms with E-state index in [1.54, 1.807) is 7.11 Å². The number of amides is 1. The van der Waals surface area contributed by atoms with Crippen LogP contribution in [0.25, 0.3) is 0 Å². The number of benzene rings is 1. The van der Waals surface area contributed by atoms with Gasteiger partial charge in [0.05, 0.1) is 13.7 Å². The lowest BCUT2D eigenvalue weighted by Crippen LogP contribution is -2.33. The van der Waals surface area contributed by atoms with E-state index in [4.69, 9.17) is 10.5 Å². The van der Waals surface area contributed by atoms with Crippen LogP contribution >= 0.6 is 12.4 Å². The minimum Gasteiger partial charge on any atom is -0.497 e. The minimum absolute atomic E-state index is 0. The molecule has 5 nitrogen and oxygen atoms in total. The predicted octanol–water partition coefficient (Wildman–Crippen LogP) is 1.09. The number of carbonyl (C=O) groups excluding carboxylic acids is 1. The molecule has 0 bridgehead atoms. The standard InChI is InChI=1S/C13H19N3O2.ClH/c1-18-12-4-2-11(3-5-12)15-13(17)9-16-7-6-10(14)8-16;/h2-5,10H,6-9,14H2,1H3,(H,15,17);1H/t10-;/m0./s1. The van der Waals surface area contributed by atoms with E-state index in [-0.39, 0.29) is 24.4 Å². The second-order valence-corrected chi connectivity index (χ2v) is 4.56. The molecule has 1 aromatic carbocycles. The molecule has 106 valence electrons. The number of methoxy groups -OCH3 is 1. The van der Waals surface area contributed by atoms with Gasteiger partial charge in [-0.1, -0.05) is 0 Å². The monoisotopic (exact) mass is 285 g/mol. The molecule has 1 fully saturated rings. The van der Waals surface area contributed by atoms with Crippen molar-refractivity contribution in [2.24, 2.45) is 5.73 Å². The molecule has 6 heteroatoms. The van der Waals surface area contributed by atoms with Gasteiger partial charge in [0.25, 0.3) is 0 Å². The summed E-state index contributed by atoms with van der Waals surface area (Å²) in [5, 5.41) is 2.86. The topological polar surface area (TPSA) is 67.6 Å². The van der Waals surface area contributed by atoms with Crippen LogP contribution in [0.1, 0.15) is 6.42 Å². The summed E-state index contributed by atoms with van der Waals surface area (Å²) in [5.74, 6) is 0.771. The molecule has 0 unspecified atom stereocenters. The summed E-state index contributed by atoms with van der Waals surface area (Å²) in [7, 11) is 1.62. The SMILES string of the molecule is COc1ccc(NC(=O)CN2CC[C@H](N)C2)cc1.Cl. The highest BCUT2D eigenvalue weighted by atomic mass is 35.5. The second-order valence-electron chi connectivity index (χ2n) is 4.56. The lowest BCUT2D eigenvalue weighted by Gasteiger charge is -2.14. The maximum atomic E-state index is 11.8. The van der Waals surface area contributed by atoms with Gasteiger partial charge >= 0.3 is 0 Å². The van der Waals surface area contributed by atoms with Gasteiger partial charge in [0.1, 0.15) is 5.75 Å². The molecule has 0 radical (unpaired) electrons. The van der Waals surface area contributed by atoms with Gasteiger partial charge in [0, 0.05) is 24.8 Å². The number of anilines is 1. The number of carbonyl (C=O) groups is 1. The van der Waals surface area contributed by atoms with Crippen LogP contribution in [0.5, 0.6) is 5.75 Å². The molecule has 2 rings (SSSR count). The van der Waals surface area contributed by atoms with E-state index in [0.29, 0.717) is 6.54 Å². The van der Waals surface area contributed by atoms with E-state index < -0.39 is 0 Å². The van der Waals surface area contributed by atoms with Crippen molar-refractivity contribution < 1.29 is 9.53 Å². The number of hydrogen-bond acceptors (Lipinski definition) is 4. The summed E-state index contributed by atoms with van der Waals surface area (Å²) in [6.45, 7) is 2.10. The first-order valence-electron chi connectivity index (χ1n) is 6.09. The first-order valence-corrected chi connectivity index (χ1v) is 6.09. The fourth-order valence-electron chi connectivity index (χ4n) is 2.08. The van der Waals surface area contributed by atoms with Gasteiger partial charge in [0.15, 0.2) is 0 Å². The fourth-order valence-corrected chi connectivity index (χ4v) is 2.08. The third-order valence-corrected chi connectivity index (χ3v) is 3.05. The van der Waals surface area contributed by atoms with Crippen LogP contribution in [0.15, 0.2) is 24.3 Å². The van der Waals surface area contributed by atoms with Gasteiger partial charge in [-0.3, -0.25) is 9.69 Å². The third-order valence-electron chi connectivity index (χ3n) is 3.05. The summed E-state index contributed by atoms with van der Waals surface area (Å²) < 4.78 is 5.06. The van der Waals surface area contributed by atoms with Crippen molar-refractivity contribution in [2.45, 2.75) is 12.5 Å². The van der Waals surface area contributed by atoms with Crippen molar-refractivity contribution in [3.05, 3.63) is 24.3 Å². The number of nitrogens with zero attached hydrogens (tertiary/aromatic N) is 1. The third kappa shape index (κ3) is 4.70. The van der Waals surface area contributed by atoms with Crippen molar-refractivity contribution in [1.29, 1.82) is 0 Å². The molecule has 1 aliphatic heterocycles. The van der Waals surface area contributed by atoms with Gasteiger partial charge in [-0.05, 0) is 30.7 Å². The van der Waals surface area contributed by atoms with Crippen molar-refractivity contribution in [2.75, 3.05) is 32.1 Å². The average molecular weight is 286 g/mol. The maximum Gasteiger partial charge on any atom is 0.238 e. The Hall–Kier alpha value is -1.30. The summed E-state index contributed by atoms with van der Waals surface area (Å²) in [6, 6.07) is 7.50. The number of nitrogens with two attached hydrogens (primary N) is 1. The van der Waals surface area contributed by atoms with Crippen LogP contribution in [0.2, 0.25) is 0 Å². The first-order chi connectivity index (χ1) is 8.67. The molecule has 1 amide bonds. The van der Waals surface area contributed by atoms with Crippen LogP contribution in [0.3, 0.4) is 0 Å². The molecule has 1 aliphatic rings. The van der Waals surface area contributed by atoms with Crippen molar-refractivity contribution in [3.8, 4) is 5.75 Å². The number of rotatable bonds is 4. The summed E-state index contributed by atoms with van der Waals surface area (Å²) in [6.07, 6.45) is 0.968. The highest BCUT2D eigenvalue weighted by molar-refractivity contribution is 5.92. The molecule has 3 N–H and O–H groups in total. The van der Waals surface area contributed by atoms with Gasteiger partial charge in [-0.25, -0.2) is 0 Å². The fraction of sp³-hybridized carbons (Fsp3) is 0.462. The lowest BCUT2D eigenvalue weighted by molar-refractivity contribution is -0.117. The normalized spacial score (nSPS) is 18.7. The van der Waals surface area contributed by atoms with Crippen LogP contribution in [-0.4, -0.2) is 43.6 Å². The molecular weight excluding hydrogens is 266 g/mol. The zero-order chi connectivity index (χ0) is 13.0. The number of likely N-dealkylation sites (tertiary alicyclic amines) is 1. The van der Waals surface area contributed by atoms with Crippen molar-refractivity contribution in [3.63, 3.8) is 0 Å². The quantitative estimate of drug-likeness (QED) is 0.869. The molecule has 1 saturated heterocycles. The Bertz CT molecular complexity index is 411. The molecule has 0 spiro atoms. The first kappa shape index (κ1) is 15.8. The van der Waals surface area contributed by atoms with Crippen molar-refractivity contribution in [1.82, 2.24) is 4.90 Å². The van der Waals surface area contributed by atoms with Crippen LogP contribution in [0.4, 0.5) is 5.69 Å². The van der Waals surface area contributed by atoms with E-state index in [0.717, 1.165) is 30.9 Å². The van der Waals surface area contributed by atoms with Crippen LogP contribution < -0.4 is 15.8 Å². The van der Waals surface area contributed by atoms with Crippen molar-refractivity contribution >= 4 is 24.0 Å². The average Bonchev–Trinajstić information content (AvgIpc) is 2.75. The Labute approximate surface area is 119 Å². The molecule has 1 atom stereocenters. The Kier molecular flexibility index (Phi) is 6.08. The van der Waals surface area contributed by atoms with E-state index in [1.807, 2.05) is 24.3 Å². The van der Waals surface area contributed by atoms with Crippen LogP contribution in [0, 0.1) is 0 Å². The van der Waals surface area contributed by atoms with E-state index in [9.17, 15) is 4.79 Å². The van der Waals surface area contributed by atoms with Gasteiger partial charge in [0.2, 0.25) is 5.91 Å². The molecule has 0 aromatic heterocycles. The molecule has 0 saturated carbocycles. The van der Waals surface area contributed by atoms with E-state index in [1.165, 1.54) is 0 Å². The number of ether oxygens (including phenoxy) is 1. The molecule has 1 heterocycles. The zero-order valence-corrected chi connectivity index (χ0v) is 11.8. The highest BCUT2D eigenvalue weighted by Crippen LogP contribution is 2.15. The Morgan fingerprint density at radius 2 is 2.16 bits per heavy atom.